The Morgan fingerprint density at radius 3 is 2.56 bits per heavy atom. The third-order valence-corrected chi connectivity index (χ3v) is 5.61. The molecule has 1 atom stereocenters. The van der Waals surface area contributed by atoms with Gasteiger partial charge in [-0.15, -0.1) is 0 Å². The summed E-state index contributed by atoms with van der Waals surface area (Å²) in [6, 6.07) is 15.3. The monoisotopic (exact) mass is 357 g/mol. The fourth-order valence-electron chi connectivity index (χ4n) is 4.50. The molecular weight excluding hydrogens is 334 g/mol. The van der Waals surface area contributed by atoms with Crippen LogP contribution in [0.4, 0.5) is 17.1 Å². The summed E-state index contributed by atoms with van der Waals surface area (Å²) in [5.74, 6) is 0. The van der Waals surface area contributed by atoms with Gasteiger partial charge in [-0.3, -0.25) is 4.98 Å². The second-order valence-electron chi connectivity index (χ2n) is 7.57. The Labute approximate surface area is 159 Å². The normalized spacial score (nSPS) is 16.7. The number of benzene rings is 2. The topological polar surface area (TPSA) is 32.5 Å². The molecule has 0 bridgehead atoms. The highest BCUT2D eigenvalue weighted by Gasteiger charge is 2.37. The fraction of sp³-hybridized carbons (Fsp3) is 0.261. The van der Waals surface area contributed by atoms with Gasteiger partial charge >= 0.3 is 0 Å². The summed E-state index contributed by atoms with van der Waals surface area (Å²) in [5.41, 5.74) is 6.67. The largest absolute Gasteiger partial charge is 0.454 e. The van der Waals surface area contributed by atoms with Gasteiger partial charge < -0.3 is 14.2 Å². The van der Waals surface area contributed by atoms with Gasteiger partial charge in [-0.1, -0.05) is 24.3 Å². The summed E-state index contributed by atoms with van der Waals surface area (Å²) in [6.45, 7) is 8.92. The lowest BCUT2D eigenvalue weighted by molar-refractivity contribution is 0.603. The van der Waals surface area contributed by atoms with E-state index in [-0.39, 0.29) is 6.17 Å². The molecule has 3 heterocycles. The molecule has 0 radical (unpaired) electrons. The lowest BCUT2D eigenvalue weighted by atomic mass is 10.1. The van der Waals surface area contributed by atoms with Crippen molar-refractivity contribution in [2.24, 2.45) is 0 Å². The molecule has 1 aliphatic heterocycles. The quantitative estimate of drug-likeness (QED) is 0.440. The van der Waals surface area contributed by atoms with Crippen LogP contribution in [0.2, 0.25) is 0 Å². The van der Waals surface area contributed by atoms with E-state index < -0.39 is 0 Å². The molecule has 136 valence electrons. The van der Waals surface area contributed by atoms with Crippen molar-refractivity contribution in [3.63, 3.8) is 0 Å². The van der Waals surface area contributed by atoms with E-state index in [1.54, 1.807) is 6.20 Å². The van der Waals surface area contributed by atoms with Gasteiger partial charge in [-0.05, 0) is 51.5 Å². The number of anilines is 3. The summed E-state index contributed by atoms with van der Waals surface area (Å²) in [7, 11) is 0. The number of aryl methyl sites for hydroxylation is 1. The van der Waals surface area contributed by atoms with Gasteiger partial charge in [0.2, 0.25) is 0 Å². The van der Waals surface area contributed by atoms with Gasteiger partial charge in [0.05, 0.1) is 17.1 Å². The zero-order valence-corrected chi connectivity index (χ0v) is 16.1. The molecule has 4 nitrogen and oxygen atoms in total. The van der Waals surface area contributed by atoms with Crippen molar-refractivity contribution < 1.29 is 4.42 Å². The number of furan rings is 1. The van der Waals surface area contributed by atoms with E-state index in [4.69, 9.17) is 4.42 Å². The summed E-state index contributed by atoms with van der Waals surface area (Å²) >= 11 is 0. The van der Waals surface area contributed by atoms with E-state index in [0.29, 0.717) is 6.04 Å². The summed E-state index contributed by atoms with van der Waals surface area (Å²) in [6.07, 6.45) is 3.88. The third kappa shape index (κ3) is 2.19. The molecule has 4 heteroatoms. The first-order valence-corrected chi connectivity index (χ1v) is 9.50. The van der Waals surface area contributed by atoms with Gasteiger partial charge in [0.1, 0.15) is 11.7 Å². The predicted octanol–water partition coefficient (Wildman–Crippen LogP) is 6.00. The van der Waals surface area contributed by atoms with Gasteiger partial charge in [0.15, 0.2) is 5.58 Å². The van der Waals surface area contributed by atoms with E-state index in [2.05, 4.69) is 78.9 Å². The number of hydrogen-bond acceptors (Lipinski definition) is 4. The Bertz CT molecular complexity index is 1160. The molecule has 0 amide bonds. The number of aromatic nitrogens is 1. The molecule has 1 aliphatic rings. The molecule has 27 heavy (non-hydrogen) atoms. The Kier molecular flexibility index (Phi) is 3.44. The molecule has 0 N–H and O–H groups in total. The van der Waals surface area contributed by atoms with Crippen LogP contribution in [0.3, 0.4) is 0 Å². The molecule has 0 fully saturated rings. The Hall–Kier alpha value is -3.01. The summed E-state index contributed by atoms with van der Waals surface area (Å²) < 4.78 is 6.34. The van der Waals surface area contributed by atoms with Crippen molar-refractivity contribution in [2.75, 3.05) is 9.80 Å². The van der Waals surface area contributed by atoms with Gasteiger partial charge in [-0.25, -0.2) is 0 Å². The number of nitrogens with zero attached hydrogens (tertiary/aromatic N) is 3. The van der Waals surface area contributed by atoms with Crippen LogP contribution in [-0.4, -0.2) is 17.2 Å². The lowest BCUT2D eigenvalue weighted by Gasteiger charge is -2.33. The summed E-state index contributed by atoms with van der Waals surface area (Å²) in [5, 5.41) is 2.18. The number of para-hydroxylation sites is 2. The zero-order valence-electron chi connectivity index (χ0n) is 16.1. The molecule has 5 rings (SSSR count). The minimum Gasteiger partial charge on any atom is -0.454 e. The summed E-state index contributed by atoms with van der Waals surface area (Å²) in [4.78, 5) is 9.18. The van der Waals surface area contributed by atoms with Gasteiger partial charge in [0.25, 0.3) is 0 Å². The lowest BCUT2D eigenvalue weighted by Crippen LogP contribution is -2.42. The molecular formula is C23H23N3O. The van der Waals surface area contributed by atoms with Crippen molar-refractivity contribution in [1.29, 1.82) is 0 Å². The van der Waals surface area contributed by atoms with Crippen molar-refractivity contribution >= 4 is 39.0 Å². The number of rotatable bonds is 2. The van der Waals surface area contributed by atoms with E-state index in [0.717, 1.165) is 27.6 Å². The first-order chi connectivity index (χ1) is 13.1. The molecule has 0 aliphatic carbocycles. The number of pyridine rings is 1. The second-order valence-corrected chi connectivity index (χ2v) is 7.57. The highest BCUT2D eigenvalue weighted by atomic mass is 16.3. The van der Waals surface area contributed by atoms with Crippen LogP contribution in [0.15, 0.2) is 59.3 Å². The minimum atomic E-state index is 0.207. The van der Waals surface area contributed by atoms with Crippen LogP contribution in [0, 0.1) is 6.92 Å². The maximum atomic E-state index is 6.34. The van der Waals surface area contributed by atoms with Crippen molar-refractivity contribution in [1.82, 2.24) is 4.98 Å². The predicted molar refractivity (Wildman–Crippen MR) is 112 cm³/mol. The van der Waals surface area contributed by atoms with Gasteiger partial charge in [0, 0.05) is 29.2 Å². The molecule has 2 aromatic heterocycles. The van der Waals surface area contributed by atoms with Crippen molar-refractivity contribution in [3.8, 4) is 0 Å². The first kappa shape index (κ1) is 16.2. The molecule has 0 saturated carbocycles. The molecule has 0 spiro atoms. The maximum Gasteiger partial charge on any atom is 0.159 e. The average molecular weight is 357 g/mol. The smallest absolute Gasteiger partial charge is 0.159 e. The van der Waals surface area contributed by atoms with Crippen molar-refractivity contribution in [2.45, 2.75) is 39.9 Å². The highest BCUT2D eigenvalue weighted by Crippen LogP contribution is 2.48. The SMILES string of the molecule is Cc1ccc2c(oc3ccncc32)c1N1c2ccccc2N(C(C)C)[C@@H]1C. The van der Waals surface area contributed by atoms with Crippen LogP contribution in [-0.2, 0) is 0 Å². The van der Waals surface area contributed by atoms with Crippen LogP contribution in [0.25, 0.3) is 21.9 Å². The van der Waals surface area contributed by atoms with Crippen LogP contribution >= 0.6 is 0 Å². The number of hydrogen-bond donors (Lipinski definition) is 0. The van der Waals surface area contributed by atoms with E-state index >= 15 is 0 Å². The van der Waals surface area contributed by atoms with Crippen LogP contribution in [0.5, 0.6) is 0 Å². The van der Waals surface area contributed by atoms with E-state index in [1.165, 1.54) is 16.9 Å². The van der Waals surface area contributed by atoms with Crippen molar-refractivity contribution in [3.05, 3.63) is 60.4 Å². The third-order valence-electron chi connectivity index (χ3n) is 5.61. The molecule has 2 aromatic carbocycles. The van der Waals surface area contributed by atoms with E-state index in [1.807, 2.05) is 12.3 Å². The first-order valence-electron chi connectivity index (χ1n) is 9.50. The molecule has 0 unspecified atom stereocenters. The second kappa shape index (κ2) is 5.74. The van der Waals surface area contributed by atoms with Gasteiger partial charge in [-0.2, -0.15) is 0 Å². The Morgan fingerprint density at radius 1 is 1.00 bits per heavy atom. The maximum absolute atomic E-state index is 6.34. The average Bonchev–Trinajstić information content (AvgIpc) is 3.17. The Balaban J connectivity index is 1.82. The van der Waals surface area contributed by atoms with E-state index in [9.17, 15) is 0 Å². The minimum absolute atomic E-state index is 0.207. The highest BCUT2D eigenvalue weighted by molar-refractivity contribution is 6.10. The molecule has 0 saturated heterocycles. The van der Waals surface area contributed by atoms with Crippen LogP contribution in [0.1, 0.15) is 26.3 Å². The van der Waals surface area contributed by atoms with Crippen LogP contribution < -0.4 is 9.80 Å². The molecule has 4 aromatic rings. The number of fused-ring (bicyclic) bond motifs is 4. The zero-order chi connectivity index (χ0) is 18.7. The fourth-order valence-corrected chi connectivity index (χ4v) is 4.50. The standard InChI is InChI=1S/C23H23N3O/c1-14(2)25-16(4)26(20-8-6-5-7-19(20)25)22-15(3)9-10-17-18-13-24-12-11-21(18)27-23(17)22/h5-14,16H,1-4H3/t16-/m0/s1. The Morgan fingerprint density at radius 2 is 1.78 bits per heavy atom.